The van der Waals surface area contributed by atoms with Crippen LogP contribution in [-0.4, -0.2) is 16.1 Å². The second-order valence-electron chi connectivity index (χ2n) is 6.09. The minimum absolute atomic E-state index is 0.0899. The summed E-state index contributed by atoms with van der Waals surface area (Å²) in [5, 5.41) is 22.2. The van der Waals surface area contributed by atoms with Gasteiger partial charge in [0, 0.05) is 6.42 Å². The Balaban J connectivity index is 4.41. The Morgan fingerprint density at radius 3 is 1.64 bits per heavy atom. The molecule has 0 saturated carbocycles. The molecule has 0 aliphatic rings. The van der Waals surface area contributed by atoms with Crippen LogP contribution in [0.25, 0.3) is 0 Å². The van der Waals surface area contributed by atoms with Gasteiger partial charge >= 0.3 is 0 Å². The zero-order valence-electron chi connectivity index (χ0n) is 15.2. The van der Waals surface area contributed by atoms with Crippen molar-refractivity contribution in [2.75, 3.05) is 0 Å². The molecule has 0 saturated heterocycles. The molecule has 0 aromatic carbocycles. The summed E-state index contributed by atoms with van der Waals surface area (Å²) in [4.78, 5) is 31.4. The highest BCUT2D eigenvalue weighted by Crippen LogP contribution is 2.16. The number of hydrogen-bond acceptors (Lipinski definition) is 5. The fourth-order valence-corrected chi connectivity index (χ4v) is 2.44. The van der Waals surface area contributed by atoms with E-state index in [2.05, 4.69) is 0 Å². The Labute approximate surface area is 149 Å². The molecule has 142 valence electrons. The summed E-state index contributed by atoms with van der Waals surface area (Å²) in [6.07, 6.45) is 12.9. The van der Waals surface area contributed by atoms with Crippen molar-refractivity contribution in [3.05, 3.63) is 43.8 Å². The molecule has 0 aliphatic heterocycles. The van der Waals surface area contributed by atoms with Crippen molar-refractivity contribution in [2.45, 2.75) is 84.0 Å². The first-order valence-electron chi connectivity index (χ1n) is 9.13. The smallest absolute Gasteiger partial charge is 0.253 e. The Morgan fingerprint density at radius 1 is 0.760 bits per heavy atom. The highest BCUT2D eigenvalue weighted by Gasteiger charge is 2.20. The summed E-state index contributed by atoms with van der Waals surface area (Å²) in [7, 11) is 0. The first-order chi connectivity index (χ1) is 12.0. The first-order valence-corrected chi connectivity index (χ1v) is 9.13. The maximum atomic E-state index is 11.1. The van der Waals surface area contributed by atoms with Gasteiger partial charge in [0.25, 0.3) is 11.4 Å². The standard InChI is InChI=1S/C18H30N2O5/c1-2-3-4-10-13-17(19(22)23)16-18(20(24)25)14-11-8-6-5-7-9-12-15-21/h13-15H,2-12,16H2,1H3/b17-13+,18-14+. The molecule has 0 spiro atoms. The first kappa shape index (κ1) is 22.9. The average Bonchev–Trinajstić information content (AvgIpc) is 2.57. The third-order valence-corrected chi connectivity index (χ3v) is 3.92. The van der Waals surface area contributed by atoms with Crippen LogP contribution in [0.5, 0.6) is 0 Å². The summed E-state index contributed by atoms with van der Waals surface area (Å²) < 4.78 is 0. The molecule has 0 atom stereocenters. The van der Waals surface area contributed by atoms with Gasteiger partial charge in [-0.2, -0.15) is 0 Å². The van der Waals surface area contributed by atoms with Crippen LogP contribution in [0.1, 0.15) is 84.0 Å². The molecule has 0 fully saturated rings. The van der Waals surface area contributed by atoms with Crippen molar-refractivity contribution >= 4 is 6.29 Å². The summed E-state index contributed by atoms with van der Waals surface area (Å²) >= 11 is 0. The lowest BCUT2D eigenvalue weighted by Crippen LogP contribution is -2.06. The van der Waals surface area contributed by atoms with E-state index in [0.717, 1.165) is 57.7 Å². The molecule has 0 radical (unpaired) electrons. The second-order valence-corrected chi connectivity index (χ2v) is 6.09. The zero-order valence-corrected chi connectivity index (χ0v) is 15.2. The minimum Gasteiger partial charge on any atom is -0.303 e. The van der Waals surface area contributed by atoms with Crippen LogP contribution >= 0.6 is 0 Å². The van der Waals surface area contributed by atoms with Gasteiger partial charge in [-0.15, -0.1) is 0 Å². The van der Waals surface area contributed by atoms with Gasteiger partial charge in [-0.1, -0.05) is 39.0 Å². The molecule has 0 bridgehead atoms. The topological polar surface area (TPSA) is 103 Å². The molecule has 0 heterocycles. The number of allylic oxidation sites excluding steroid dienone is 2. The van der Waals surface area contributed by atoms with E-state index in [1.807, 2.05) is 6.92 Å². The normalized spacial score (nSPS) is 12.2. The van der Waals surface area contributed by atoms with Gasteiger partial charge in [-0.25, -0.2) is 0 Å². The predicted molar refractivity (Wildman–Crippen MR) is 97.3 cm³/mol. The maximum Gasteiger partial charge on any atom is 0.253 e. The van der Waals surface area contributed by atoms with E-state index in [9.17, 15) is 25.0 Å². The van der Waals surface area contributed by atoms with Crippen LogP contribution < -0.4 is 0 Å². The lowest BCUT2D eigenvalue weighted by molar-refractivity contribution is -0.450. The minimum atomic E-state index is -0.520. The number of carbonyl (C=O) groups is 1. The number of aldehydes is 1. The molecule has 0 aromatic rings. The molecule has 0 unspecified atom stereocenters. The molecule has 0 N–H and O–H groups in total. The van der Waals surface area contributed by atoms with Gasteiger partial charge in [0.05, 0.1) is 9.85 Å². The largest absolute Gasteiger partial charge is 0.303 e. The highest BCUT2D eigenvalue weighted by atomic mass is 16.6. The molecule has 25 heavy (non-hydrogen) atoms. The van der Waals surface area contributed by atoms with E-state index >= 15 is 0 Å². The van der Waals surface area contributed by atoms with Gasteiger partial charge in [0.15, 0.2) is 0 Å². The van der Waals surface area contributed by atoms with Crippen molar-refractivity contribution in [2.24, 2.45) is 0 Å². The molecule has 0 rings (SSSR count). The van der Waals surface area contributed by atoms with Gasteiger partial charge in [-0.3, -0.25) is 20.2 Å². The fourth-order valence-electron chi connectivity index (χ4n) is 2.44. The van der Waals surface area contributed by atoms with Crippen LogP contribution in [0.2, 0.25) is 0 Å². The number of nitro groups is 2. The number of nitrogens with zero attached hydrogens (tertiary/aromatic N) is 2. The van der Waals surface area contributed by atoms with E-state index in [1.165, 1.54) is 12.2 Å². The van der Waals surface area contributed by atoms with Crippen molar-refractivity contribution < 1.29 is 14.6 Å². The Bertz CT molecular complexity index is 472. The van der Waals surface area contributed by atoms with Gasteiger partial charge in [0.1, 0.15) is 12.7 Å². The number of carbonyl (C=O) groups excluding carboxylic acids is 1. The third-order valence-electron chi connectivity index (χ3n) is 3.92. The van der Waals surface area contributed by atoms with Crippen molar-refractivity contribution in [1.82, 2.24) is 0 Å². The fraction of sp³-hybridized carbons (Fsp3) is 0.722. The van der Waals surface area contributed by atoms with Crippen LogP contribution in [0, 0.1) is 20.2 Å². The van der Waals surface area contributed by atoms with Crippen molar-refractivity contribution in [3.63, 3.8) is 0 Å². The van der Waals surface area contributed by atoms with Gasteiger partial charge in [0.2, 0.25) is 0 Å². The van der Waals surface area contributed by atoms with E-state index in [0.29, 0.717) is 19.3 Å². The monoisotopic (exact) mass is 354 g/mol. The summed E-state index contributed by atoms with van der Waals surface area (Å²) in [6.45, 7) is 2.05. The summed E-state index contributed by atoms with van der Waals surface area (Å²) in [5.74, 6) is 0. The third kappa shape index (κ3) is 13.0. The molecular weight excluding hydrogens is 324 g/mol. The SMILES string of the molecule is CCCCC/C=C(\C/C(=C\CCCCCCCC=O)[N+](=O)[O-])[N+](=O)[O-]. The zero-order chi connectivity index (χ0) is 18.9. The van der Waals surface area contributed by atoms with Gasteiger partial charge in [-0.05, 0) is 44.3 Å². The molecule has 0 aromatic heterocycles. The van der Waals surface area contributed by atoms with E-state index in [1.54, 1.807) is 0 Å². The summed E-state index contributed by atoms with van der Waals surface area (Å²) in [6, 6.07) is 0. The van der Waals surface area contributed by atoms with Gasteiger partial charge < -0.3 is 4.79 Å². The quantitative estimate of drug-likeness (QED) is 0.164. The van der Waals surface area contributed by atoms with E-state index in [4.69, 9.17) is 0 Å². The Morgan fingerprint density at radius 2 is 1.20 bits per heavy atom. The maximum absolute atomic E-state index is 11.1. The second kappa shape index (κ2) is 15.5. The van der Waals surface area contributed by atoms with Crippen LogP contribution in [0.15, 0.2) is 23.5 Å². The lowest BCUT2D eigenvalue weighted by atomic mass is 10.1. The van der Waals surface area contributed by atoms with Crippen molar-refractivity contribution in [3.8, 4) is 0 Å². The highest BCUT2D eigenvalue weighted by molar-refractivity contribution is 5.48. The summed E-state index contributed by atoms with van der Waals surface area (Å²) in [5.41, 5.74) is -0.188. The van der Waals surface area contributed by atoms with Crippen LogP contribution in [0.3, 0.4) is 0 Å². The van der Waals surface area contributed by atoms with E-state index < -0.39 is 9.85 Å². The Kier molecular flexibility index (Phi) is 14.2. The van der Waals surface area contributed by atoms with Crippen LogP contribution in [0.4, 0.5) is 0 Å². The lowest BCUT2D eigenvalue weighted by Gasteiger charge is -2.00. The molecule has 7 nitrogen and oxygen atoms in total. The molecule has 7 heteroatoms. The average molecular weight is 354 g/mol. The molecular formula is C18H30N2O5. The Hall–Kier alpha value is -2.05. The number of hydrogen-bond donors (Lipinski definition) is 0. The number of unbranched alkanes of at least 4 members (excludes halogenated alkanes) is 9. The number of rotatable bonds is 16. The van der Waals surface area contributed by atoms with E-state index in [-0.39, 0.29) is 17.8 Å². The van der Waals surface area contributed by atoms with Crippen molar-refractivity contribution in [1.29, 1.82) is 0 Å². The molecule has 0 aliphatic carbocycles. The molecule has 0 amide bonds. The van der Waals surface area contributed by atoms with Crippen LogP contribution in [-0.2, 0) is 4.79 Å². The predicted octanol–water partition coefficient (Wildman–Crippen LogP) is 5.21.